The molecule has 0 N–H and O–H groups in total. The Labute approximate surface area is 145 Å². The summed E-state index contributed by atoms with van der Waals surface area (Å²) < 4.78 is 18.7. The van der Waals surface area contributed by atoms with Crippen molar-refractivity contribution in [2.45, 2.75) is 20.4 Å². The first-order valence-electron chi connectivity index (χ1n) is 8.42. The minimum absolute atomic E-state index is 0.231. The number of benzene rings is 1. The summed E-state index contributed by atoms with van der Waals surface area (Å²) in [6.07, 6.45) is 0. The fraction of sp³-hybridized carbons (Fsp3) is 0.389. The predicted molar refractivity (Wildman–Crippen MR) is 93.0 cm³/mol. The van der Waals surface area contributed by atoms with Crippen LogP contribution in [0, 0.1) is 19.7 Å². The largest absolute Gasteiger partial charge is 0.368 e. The zero-order valence-electron chi connectivity index (χ0n) is 14.4. The van der Waals surface area contributed by atoms with E-state index in [1.54, 1.807) is 19.1 Å². The minimum atomic E-state index is -0.231. The van der Waals surface area contributed by atoms with Crippen molar-refractivity contribution in [3.8, 4) is 0 Å². The molecule has 0 bridgehead atoms. The first kappa shape index (κ1) is 16.0. The van der Waals surface area contributed by atoms with E-state index in [2.05, 4.69) is 24.9 Å². The van der Waals surface area contributed by atoms with Gasteiger partial charge in [-0.1, -0.05) is 5.16 Å². The average molecular weight is 341 g/mol. The Balaban J connectivity index is 1.52. The number of anilines is 1. The summed E-state index contributed by atoms with van der Waals surface area (Å²) in [5.41, 5.74) is 2.83. The summed E-state index contributed by atoms with van der Waals surface area (Å²) in [4.78, 5) is 13.4. The summed E-state index contributed by atoms with van der Waals surface area (Å²) in [5.74, 6) is 1.08. The summed E-state index contributed by atoms with van der Waals surface area (Å²) in [7, 11) is 0. The summed E-state index contributed by atoms with van der Waals surface area (Å²) in [6.45, 7) is 7.98. The third kappa shape index (κ3) is 3.32. The van der Waals surface area contributed by atoms with E-state index in [-0.39, 0.29) is 5.82 Å². The summed E-state index contributed by atoms with van der Waals surface area (Å²) >= 11 is 0. The van der Waals surface area contributed by atoms with Gasteiger partial charge in [0, 0.05) is 49.9 Å². The van der Waals surface area contributed by atoms with Crippen LogP contribution in [0.15, 0.2) is 28.8 Å². The Morgan fingerprint density at radius 3 is 2.60 bits per heavy atom. The maximum Gasteiger partial charge on any atom is 0.223 e. The van der Waals surface area contributed by atoms with Crippen molar-refractivity contribution in [1.82, 2.24) is 20.0 Å². The molecule has 3 heterocycles. The van der Waals surface area contributed by atoms with E-state index in [4.69, 9.17) is 4.52 Å². The van der Waals surface area contributed by atoms with Gasteiger partial charge in [-0.2, -0.15) is 4.98 Å². The van der Waals surface area contributed by atoms with Gasteiger partial charge in [0.05, 0.1) is 12.1 Å². The molecule has 0 atom stereocenters. The van der Waals surface area contributed by atoms with Gasteiger partial charge >= 0.3 is 0 Å². The molecule has 0 aliphatic carbocycles. The number of pyridine rings is 1. The SMILES string of the molecule is Cc1cc(N2CCN(Cc3noc(C)n3)CC2)c2cc(F)ccc2n1. The van der Waals surface area contributed by atoms with Gasteiger partial charge < -0.3 is 9.42 Å². The van der Waals surface area contributed by atoms with E-state index in [1.807, 2.05) is 13.0 Å². The second-order valence-corrected chi connectivity index (χ2v) is 6.44. The topological polar surface area (TPSA) is 58.3 Å². The van der Waals surface area contributed by atoms with Gasteiger partial charge in [0.25, 0.3) is 0 Å². The molecule has 130 valence electrons. The Morgan fingerprint density at radius 1 is 1.08 bits per heavy atom. The molecule has 7 heteroatoms. The maximum absolute atomic E-state index is 13.7. The molecule has 1 saturated heterocycles. The highest BCUT2D eigenvalue weighted by atomic mass is 19.1. The molecule has 4 rings (SSSR count). The zero-order valence-corrected chi connectivity index (χ0v) is 14.4. The molecule has 0 amide bonds. The van der Waals surface area contributed by atoms with Crippen molar-refractivity contribution in [2.24, 2.45) is 0 Å². The highest BCUT2D eigenvalue weighted by molar-refractivity contribution is 5.92. The normalized spacial score (nSPS) is 15.9. The zero-order chi connectivity index (χ0) is 17.4. The first-order chi connectivity index (χ1) is 12.1. The van der Waals surface area contributed by atoms with Crippen LogP contribution in [0.25, 0.3) is 10.9 Å². The Kier molecular flexibility index (Phi) is 4.09. The van der Waals surface area contributed by atoms with Crippen molar-refractivity contribution in [3.63, 3.8) is 0 Å². The molecule has 0 saturated carbocycles. The van der Waals surface area contributed by atoms with Crippen molar-refractivity contribution < 1.29 is 8.91 Å². The Bertz CT molecular complexity index is 902. The molecule has 6 nitrogen and oxygen atoms in total. The second-order valence-electron chi connectivity index (χ2n) is 6.44. The minimum Gasteiger partial charge on any atom is -0.368 e. The van der Waals surface area contributed by atoms with Gasteiger partial charge in [-0.25, -0.2) is 4.39 Å². The Morgan fingerprint density at radius 2 is 1.88 bits per heavy atom. The highest BCUT2D eigenvalue weighted by Gasteiger charge is 2.21. The number of aryl methyl sites for hydroxylation is 2. The number of rotatable bonds is 3. The van der Waals surface area contributed by atoms with Crippen molar-refractivity contribution in [3.05, 3.63) is 47.5 Å². The van der Waals surface area contributed by atoms with Gasteiger partial charge in [0.1, 0.15) is 5.82 Å². The molecule has 0 unspecified atom stereocenters. The number of hydrogen-bond donors (Lipinski definition) is 0. The van der Waals surface area contributed by atoms with Crippen LogP contribution in [-0.2, 0) is 6.54 Å². The predicted octanol–water partition coefficient (Wildman–Crippen LogP) is 2.70. The highest BCUT2D eigenvalue weighted by Crippen LogP contribution is 2.28. The number of hydrogen-bond acceptors (Lipinski definition) is 6. The van der Waals surface area contributed by atoms with Crippen LogP contribution in [0.2, 0.25) is 0 Å². The molecule has 1 aliphatic rings. The summed E-state index contributed by atoms with van der Waals surface area (Å²) in [6, 6.07) is 6.82. The van der Waals surface area contributed by atoms with E-state index in [9.17, 15) is 4.39 Å². The van der Waals surface area contributed by atoms with Gasteiger partial charge in [0.15, 0.2) is 5.82 Å². The summed E-state index contributed by atoms with van der Waals surface area (Å²) in [5, 5.41) is 4.83. The molecule has 25 heavy (non-hydrogen) atoms. The monoisotopic (exact) mass is 341 g/mol. The van der Waals surface area contributed by atoms with E-state index in [1.165, 1.54) is 6.07 Å². The second kappa shape index (κ2) is 6.40. The van der Waals surface area contributed by atoms with Crippen LogP contribution >= 0.6 is 0 Å². The lowest BCUT2D eigenvalue weighted by atomic mass is 10.1. The molecule has 2 aromatic heterocycles. The van der Waals surface area contributed by atoms with Gasteiger partial charge in [0.2, 0.25) is 5.89 Å². The standard InChI is InChI=1S/C18H20FN5O/c1-12-9-17(15-10-14(19)3-4-16(15)20-12)24-7-5-23(6-8-24)11-18-21-13(2)25-22-18/h3-4,9-10H,5-8,11H2,1-2H3. The van der Waals surface area contributed by atoms with Gasteiger partial charge in [-0.15, -0.1) is 0 Å². The van der Waals surface area contributed by atoms with Crippen LogP contribution in [0.4, 0.5) is 10.1 Å². The van der Waals surface area contributed by atoms with E-state index in [0.717, 1.165) is 54.3 Å². The Hall–Kier alpha value is -2.54. The van der Waals surface area contributed by atoms with Crippen molar-refractivity contribution in [1.29, 1.82) is 0 Å². The van der Waals surface area contributed by atoms with E-state index < -0.39 is 0 Å². The number of fused-ring (bicyclic) bond motifs is 1. The lowest BCUT2D eigenvalue weighted by molar-refractivity contribution is 0.240. The lowest BCUT2D eigenvalue weighted by Crippen LogP contribution is -2.46. The maximum atomic E-state index is 13.7. The molecule has 1 fully saturated rings. The van der Waals surface area contributed by atoms with Crippen LogP contribution in [0.5, 0.6) is 0 Å². The van der Waals surface area contributed by atoms with Crippen LogP contribution < -0.4 is 4.90 Å². The molecule has 0 spiro atoms. The molecule has 1 aromatic carbocycles. The number of aromatic nitrogens is 3. The smallest absolute Gasteiger partial charge is 0.223 e. The van der Waals surface area contributed by atoms with Gasteiger partial charge in [-0.3, -0.25) is 9.88 Å². The van der Waals surface area contributed by atoms with Crippen LogP contribution in [-0.4, -0.2) is 46.2 Å². The van der Waals surface area contributed by atoms with E-state index >= 15 is 0 Å². The van der Waals surface area contributed by atoms with Crippen molar-refractivity contribution >= 4 is 16.6 Å². The molecule has 0 radical (unpaired) electrons. The quantitative estimate of drug-likeness (QED) is 0.730. The number of halogens is 1. The van der Waals surface area contributed by atoms with E-state index in [0.29, 0.717) is 12.4 Å². The van der Waals surface area contributed by atoms with Crippen LogP contribution in [0.3, 0.4) is 0 Å². The number of nitrogens with zero attached hydrogens (tertiary/aromatic N) is 5. The molecule has 1 aliphatic heterocycles. The first-order valence-corrected chi connectivity index (χ1v) is 8.42. The average Bonchev–Trinajstić information content (AvgIpc) is 3.00. The van der Waals surface area contributed by atoms with Crippen molar-refractivity contribution in [2.75, 3.05) is 31.1 Å². The molecular weight excluding hydrogens is 321 g/mol. The fourth-order valence-corrected chi connectivity index (χ4v) is 3.32. The third-order valence-electron chi connectivity index (χ3n) is 4.52. The van der Waals surface area contributed by atoms with Gasteiger partial charge in [-0.05, 0) is 31.2 Å². The third-order valence-corrected chi connectivity index (χ3v) is 4.52. The number of piperazine rings is 1. The lowest BCUT2D eigenvalue weighted by Gasteiger charge is -2.36. The molecular formula is C18H20FN5O. The molecule has 3 aromatic rings. The van der Waals surface area contributed by atoms with Crippen LogP contribution in [0.1, 0.15) is 17.4 Å². The fourth-order valence-electron chi connectivity index (χ4n) is 3.32.